The smallest absolute Gasteiger partial charge is 0.270 e. The van der Waals surface area contributed by atoms with Crippen molar-refractivity contribution in [3.05, 3.63) is 64.6 Å². The standard InChI is InChI=1S/C25H29F2N3O3/c1-3-4-6-18(13-31)29-25(32)23-15(2)28-24-22(11-17(12-30(23)24)16-9-10-16)33-14-19-20(26)7-5-8-21(19)27/h5,7-8,11-12,16,18,31H,3-4,6,9-10,13-14H2,1-2H3,(H,29,32)/t18-/m1/s1. The van der Waals surface area contributed by atoms with E-state index in [4.69, 9.17) is 4.74 Å². The molecule has 176 valence electrons. The highest BCUT2D eigenvalue weighted by Crippen LogP contribution is 2.42. The van der Waals surface area contributed by atoms with Gasteiger partial charge >= 0.3 is 0 Å². The largest absolute Gasteiger partial charge is 0.485 e. The first-order chi connectivity index (χ1) is 15.9. The summed E-state index contributed by atoms with van der Waals surface area (Å²) in [5.74, 6) is -0.949. The number of rotatable bonds is 10. The van der Waals surface area contributed by atoms with Crippen LogP contribution in [0.2, 0.25) is 0 Å². The molecule has 0 radical (unpaired) electrons. The van der Waals surface area contributed by atoms with Gasteiger partial charge in [0.25, 0.3) is 5.91 Å². The van der Waals surface area contributed by atoms with Gasteiger partial charge in [0.2, 0.25) is 0 Å². The maximum absolute atomic E-state index is 14.1. The average Bonchev–Trinajstić information content (AvgIpc) is 3.58. The lowest BCUT2D eigenvalue weighted by atomic mass is 10.1. The van der Waals surface area contributed by atoms with Crippen molar-refractivity contribution in [1.29, 1.82) is 0 Å². The Balaban J connectivity index is 1.68. The number of carbonyl (C=O) groups excluding carboxylic acids is 1. The van der Waals surface area contributed by atoms with Crippen molar-refractivity contribution in [2.24, 2.45) is 0 Å². The molecule has 1 aliphatic rings. The van der Waals surface area contributed by atoms with Crippen molar-refractivity contribution in [2.45, 2.75) is 64.5 Å². The summed E-state index contributed by atoms with van der Waals surface area (Å²) in [5, 5.41) is 12.6. The van der Waals surface area contributed by atoms with Crippen molar-refractivity contribution >= 4 is 11.6 Å². The Morgan fingerprint density at radius 3 is 2.70 bits per heavy atom. The predicted octanol–water partition coefficient (Wildman–Crippen LogP) is 4.66. The van der Waals surface area contributed by atoms with Gasteiger partial charge in [0.1, 0.15) is 23.9 Å². The number of benzene rings is 1. The maximum atomic E-state index is 14.1. The third-order valence-corrected chi connectivity index (χ3v) is 6.04. The number of nitrogens with zero attached hydrogens (tertiary/aromatic N) is 2. The fraction of sp³-hybridized carbons (Fsp3) is 0.440. The molecule has 33 heavy (non-hydrogen) atoms. The van der Waals surface area contributed by atoms with Gasteiger partial charge in [0, 0.05) is 6.20 Å². The summed E-state index contributed by atoms with van der Waals surface area (Å²) < 4.78 is 35.7. The van der Waals surface area contributed by atoms with Crippen LogP contribution in [0.3, 0.4) is 0 Å². The van der Waals surface area contributed by atoms with E-state index in [-0.39, 0.29) is 30.7 Å². The summed E-state index contributed by atoms with van der Waals surface area (Å²) in [5.41, 5.74) is 2.12. The van der Waals surface area contributed by atoms with E-state index in [0.29, 0.717) is 35.1 Å². The van der Waals surface area contributed by atoms with E-state index in [0.717, 1.165) is 31.2 Å². The lowest BCUT2D eigenvalue weighted by molar-refractivity contribution is 0.0905. The summed E-state index contributed by atoms with van der Waals surface area (Å²) in [6.07, 6.45) is 6.50. The number of unbranched alkanes of at least 4 members (excludes halogenated alkanes) is 1. The molecule has 2 N–H and O–H groups in total. The number of hydrogen-bond acceptors (Lipinski definition) is 4. The lowest BCUT2D eigenvalue weighted by Gasteiger charge is -2.16. The molecule has 1 saturated carbocycles. The maximum Gasteiger partial charge on any atom is 0.270 e. The molecule has 1 amide bonds. The number of ether oxygens (including phenoxy) is 1. The van der Waals surface area contributed by atoms with E-state index in [9.17, 15) is 18.7 Å². The second-order valence-corrected chi connectivity index (χ2v) is 8.64. The van der Waals surface area contributed by atoms with Crippen LogP contribution >= 0.6 is 0 Å². The third-order valence-electron chi connectivity index (χ3n) is 6.04. The molecule has 8 heteroatoms. The number of halogens is 2. The van der Waals surface area contributed by atoms with Crippen LogP contribution < -0.4 is 10.1 Å². The van der Waals surface area contributed by atoms with E-state index in [2.05, 4.69) is 17.2 Å². The Hall–Kier alpha value is -3.00. The fourth-order valence-electron chi connectivity index (χ4n) is 4.00. The number of imidazole rings is 1. The number of aliphatic hydroxyl groups is 1. The van der Waals surface area contributed by atoms with Crippen molar-refractivity contribution < 1.29 is 23.4 Å². The second kappa shape index (κ2) is 9.87. The molecule has 3 aromatic rings. The molecule has 0 spiro atoms. The van der Waals surface area contributed by atoms with Crippen LogP contribution in [0.4, 0.5) is 8.78 Å². The van der Waals surface area contributed by atoms with Crippen LogP contribution in [-0.4, -0.2) is 33.0 Å². The van der Waals surface area contributed by atoms with Crippen molar-refractivity contribution in [3.8, 4) is 5.75 Å². The molecule has 0 unspecified atom stereocenters. The van der Waals surface area contributed by atoms with Gasteiger partial charge in [-0.2, -0.15) is 0 Å². The van der Waals surface area contributed by atoms with Gasteiger partial charge in [-0.1, -0.05) is 25.8 Å². The van der Waals surface area contributed by atoms with E-state index < -0.39 is 11.6 Å². The van der Waals surface area contributed by atoms with E-state index in [1.807, 2.05) is 12.3 Å². The normalized spacial score (nSPS) is 14.5. The highest BCUT2D eigenvalue weighted by molar-refractivity contribution is 5.95. The van der Waals surface area contributed by atoms with Gasteiger partial charge in [-0.05, 0) is 55.9 Å². The predicted molar refractivity (Wildman–Crippen MR) is 120 cm³/mol. The number of carbonyl (C=O) groups is 1. The SMILES string of the molecule is CCCC[C@H](CO)NC(=O)c1c(C)nc2c(OCc3c(F)cccc3F)cc(C3CC3)cn12. The summed E-state index contributed by atoms with van der Waals surface area (Å²) in [6, 6.07) is 5.20. The quantitative estimate of drug-likeness (QED) is 0.464. The molecule has 4 rings (SSSR count). The molecular weight excluding hydrogens is 428 g/mol. The Labute approximate surface area is 191 Å². The number of fused-ring (bicyclic) bond motifs is 1. The Kier molecular flexibility index (Phi) is 6.93. The summed E-state index contributed by atoms with van der Waals surface area (Å²) in [4.78, 5) is 17.7. The fourth-order valence-corrected chi connectivity index (χ4v) is 4.00. The summed E-state index contributed by atoms with van der Waals surface area (Å²) in [6.45, 7) is 3.36. The Bertz CT molecular complexity index is 1140. The lowest BCUT2D eigenvalue weighted by Crippen LogP contribution is -2.38. The molecule has 1 atom stereocenters. The topological polar surface area (TPSA) is 75.9 Å². The van der Waals surface area contributed by atoms with Gasteiger partial charge < -0.3 is 15.2 Å². The molecule has 2 heterocycles. The van der Waals surface area contributed by atoms with Crippen LogP contribution in [0.1, 0.15) is 72.3 Å². The molecule has 0 aliphatic heterocycles. The van der Waals surface area contributed by atoms with Crippen LogP contribution in [0.25, 0.3) is 5.65 Å². The monoisotopic (exact) mass is 457 g/mol. The summed E-state index contributed by atoms with van der Waals surface area (Å²) in [7, 11) is 0. The minimum Gasteiger partial charge on any atom is -0.485 e. The Morgan fingerprint density at radius 2 is 2.06 bits per heavy atom. The number of hydrogen-bond donors (Lipinski definition) is 2. The first-order valence-corrected chi connectivity index (χ1v) is 11.4. The molecular formula is C25H29F2N3O3. The van der Waals surface area contributed by atoms with Crippen LogP contribution in [0.5, 0.6) is 5.75 Å². The summed E-state index contributed by atoms with van der Waals surface area (Å²) >= 11 is 0. The van der Waals surface area contributed by atoms with Crippen molar-refractivity contribution in [2.75, 3.05) is 6.61 Å². The zero-order valence-corrected chi connectivity index (χ0v) is 18.9. The van der Waals surface area contributed by atoms with E-state index in [1.54, 1.807) is 11.3 Å². The van der Waals surface area contributed by atoms with Gasteiger partial charge in [-0.15, -0.1) is 0 Å². The zero-order valence-electron chi connectivity index (χ0n) is 18.9. The first kappa shape index (κ1) is 23.2. The number of aromatic nitrogens is 2. The molecule has 6 nitrogen and oxygen atoms in total. The van der Waals surface area contributed by atoms with Crippen LogP contribution in [0, 0.1) is 18.6 Å². The molecule has 0 bridgehead atoms. The number of aryl methyl sites for hydroxylation is 1. The average molecular weight is 458 g/mol. The molecule has 1 aromatic carbocycles. The zero-order chi connectivity index (χ0) is 23.5. The molecule has 1 fully saturated rings. The number of nitrogens with one attached hydrogen (secondary N) is 1. The van der Waals surface area contributed by atoms with Gasteiger partial charge in [0.15, 0.2) is 11.4 Å². The number of amides is 1. The number of aliphatic hydroxyl groups excluding tert-OH is 1. The highest BCUT2D eigenvalue weighted by atomic mass is 19.1. The molecule has 0 saturated heterocycles. The molecule has 1 aliphatic carbocycles. The first-order valence-electron chi connectivity index (χ1n) is 11.4. The second-order valence-electron chi connectivity index (χ2n) is 8.64. The van der Waals surface area contributed by atoms with E-state index >= 15 is 0 Å². The molecule has 2 aromatic heterocycles. The van der Waals surface area contributed by atoms with Crippen molar-refractivity contribution in [3.63, 3.8) is 0 Å². The van der Waals surface area contributed by atoms with Gasteiger partial charge in [-0.3, -0.25) is 9.20 Å². The minimum atomic E-state index is -0.675. The Morgan fingerprint density at radius 1 is 1.33 bits per heavy atom. The van der Waals surface area contributed by atoms with Crippen LogP contribution in [-0.2, 0) is 6.61 Å². The minimum absolute atomic E-state index is 0.141. The van der Waals surface area contributed by atoms with Gasteiger partial charge in [-0.25, -0.2) is 13.8 Å². The van der Waals surface area contributed by atoms with E-state index in [1.165, 1.54) is 18.2 Å². The number of pyridine rings is 1. The third kappa shape index (κ3) is 5.00. The van der Waals surface area contributed by atoms with Crippen LogP contribution in [0.15, 0.2) is 30.5 Å². The van der Waals surface area contributed by atoms with Crippen molar-refractivity contribution in [1.82, 2.24) is 14.7 Å². The highest BCUT2D eigenvalue weighted by Gasteiger charge is 2.28. The van der Waals surface area contributed by atoms with Gasteiger partial charge in [0.05, 0.1) is 23.9 Å².